The van der Waals surface area contributed by atoms with Crippen LogP contribution in [0.1, 0.15) is 0 Å². The molecule has 2 N–H and O–H groups in total. The lowest BCUT2D eigenvalue weighted by molar-refractivity contribution is 1.36. The highest BCUT2D eigenvalue weighted by atomic mass is 32.2. The molecule has 0 unspecified atom stereocenters. The summed E-state index contributed by atoms with van der Waals surface area (Å²) in [7, 11) is 0. The van der Waals surface area contributed by atoms with E-state index in [0.717, 1.165) is 10.8 Å². The van der Waals surface area contributed by atoms with Crippen molar-refractivity contribution >= 4 is 28.4 Å². The summed E-state index contributed by atoms with van der Waals surface area (Å²) in [6.45, 7) is 0. The summed E-state index contributed by atoms with van der Waals surface area (Å²) >= 11 is 1.71. The molecule has 1 aromatic heterocycles. The van der Waals surface area contributed by atoms with Crippen molar-refractivity contribution in [1.82, 2.24) is 4.98 Å². The Morgan fingerprint density at radius 1 is 1.31 bits per heavy atom. The maximum atomic E-state index is 5.76. The fourth-order valence-corrected chi connectivity index (χ4v) is 1.74. The third-order valence-electron chi connectivity index (χ3n) is 2.00. The van der Waals surface area contributed by atoms with Crippen LogP contribution in [0.15, 0.2) is 35.4 Å². The summed E-state index contributed by atoms with van der Waals surface area (Å²) in [4.78, 5) is 5.27. The minimum absolute atomic E-state index is 0.605. The van der Waals surface area contributed by atoms with Crippen LogP contribution < -0.4 is 5.73 Å². The molecule has 2 nitrogen and oxygen atoms in total. The average molecular weight is 190 g/mol. The second-order valence-corrected chi connectivity index (χ2v) is 3.66. The highest BCUT2D eigenvalue weighted by molar-refractivity contribution is 7.98. The zero-order valence-corrected chi connectivity index (χ0v) is 8.14. The zero-order valence-electron chi connectivity index (χ0n) is 7.32. The molecule has 1 aromatic carbocycles. The number of aromatic nitrogens is 1. The van der Waals surface area contributed by atoms with E-state index in [0.29, 0.717) is 5.82 Å². The van der Waals surface area contributed by atoms with Crippen LogP contribution in [0.5, 0.6) is 0 Å². The Morgan fingerprint density at radius 2 is 2.15 bits per heavy atom. The molecule has 0 aliphatic rings. The molecule has 13 heavy (non-hydrogen) atoms. The Labute approximate surface area is 81.2 Å². The second-order valence-electron chi connectivity index (χ2n) is 2.78. The maximum absolute atomic E-state index is 5.76. The molecule has 2 aromatic rings. The number of hydrogen-bond donors (Lipinski definition) is 1. The summed E-state index contributed by atoms with van der Waals surface area (Å²) in [6.07, 6.45) is 3.78. The predicted octanol–water partition coefficient (Wildman–Crippen LogP) is 2.54. The van der Waals surface area contributed by atoms with Gasteiger partial charge in [0.2, 0.25) is 0 Å². The van der Waals surface area contributed by atoms with Crippen LogP contribution in [-0.4, -0.2) is 11.2 Å². The molecule has 0 radical (unpaired) electrons. The van der Waals surface area contributed by atoms with Gasteiger partial charge in [0.05, 0.1) is 0 Å². The predicted molar refractivity (Wildman–Crippen MR) is 57.9 cm³/mol. The van der Waals surface area contributed by atoms with Gasteiger partial charge >= 0.3 is 0 Å². The van der Waals surface area contributed by atoms with Gasteiger partial charge in [-0.1, -0.05) is 6.07 Å². The Morgan fingerprint density at radius 3 is 2.92 bits per heavy atom. The fourth-order valence-electron chi connectivity index (χ4n) is 1.30. The van der Waals surface area contributed by atoms with E-state index in [9.17, 15) is 0 Å². The van der Waals surface area contributed by atoms with Crippen LogP contribution in [0.2, 0.25) is 0 Å². The van der Waals surface area contributed by atoms with E-state index in [-0.39, 0.29) is 0 Å². The number of pyridine rings is 1. The molecular formula is C10H10N2S. The zero-order chi connectivity index (χ0) is 9.26. The Hall–Kier alpha value is -1.22. The summed E-state index contributed by atoms with van der Waals surface area (Å²) in [5.74, 6) is 0.605. The highest BCUT2D eigenvalue weighted by Crippen LogP contribution is 2.24. The Balaban J connectivity index is 2.74. The van der Waals surface area contributed by atoms with Crippen LogP contribution in [0.3, 0.4) is 0 Å². The largest absolute Gasteiger partial charge is 0.383 e. The molecule has 1 heterocycles. The summed E-state index contributed by atoms with van der Waals surface area (Å²) < 4.78 is 0. The van der Waals surface area contributed by atoms with E-state index in [1.165, 1.54) is 4.90 Å². The third-order valence-corrected chi connectivity index (χ3v) is 2.73. The molecule has 0 saturated heterocycles. The molecule has 0 saturated carbocycles. The molecule has 3 heteroatoms. The molecule has 0 aliphatic heterocycles. The molecule has 0 fully saturated rings. The van der Waals surface area contributed by atoms with Crippen molar-refractivity contribution in [3.8, 4) is 0 Å². The lowest BCUT2D eigenvalue weighted by Gasteiger charge is -2.02. The van der Waals surface area contributed by atoms with E-state index in [1.807, 2.05) is 12.3 Å². The van der Waals surface area contributed by atoms with E-state index >= 15 is 0 Å². The monoisotopic (exact) mass is 190 g/mol. The first-order chi connectivity index (χ1) is 6.31. The Kier molecular flexibility index (Phi) is 2.10. The lowest BCUT2D eigenvalue weighted by Crippen LogP contribution is -1.90. The van der Waals surface area contributed by atoms with Crippen LogP contribution in [0, 0.1) is 0 Å². The normalized spacial score (nSPS) is 10.5. The van der Waals surface area contributed by atoms with Crippen molar-refractivity contribution in [3.05, 3.63) is 30.5 Å². The quantitative estimate of drug-likeness (QED) is 0.702. The van der Waals surface area contributed by atoms with Gasteiger partial charge in [0.25, 0.3) is 0 Å². The molecule has 0 atom stereocenters. The van der Waals surface area contributed by atoms with E-state index in [4.69, 9.17) is 5.73 Å². The van der Waals surface area contributed by atoms with Gasteiger partial charge < -0.3 is 5.73 Å². The average Bonchev–Trinajstić information content (AvgIpc) is 2.18. The number of nitrogens with zero attached hydrogens (tertiary/aromatic N) is 1. The van der Waals surface area contributed by atoms with Crippen molar-refractivity contribution in [2.75, 3.05) is 12.0 Å². The number of hydrogen-bond acceptors (Lipinski definition) is 3. The Bertz CT molecular complexity index is 440. The van der Waals surface area contributed by atoms with Gasteiger partial charge in [-0.05, 0) is 29.8 Å². The SMILES string of the molecule is CSc1ccc2ccnc(N)c2c1. The number of nitrogens with two attached hydrogens (primary N) is 1. The summed E-state index contributed by atoms with van der Waals surface area (Å²) in [5, 5.41) is 2.18. The molecule has 0 aliphatic carbocycles. The minimum Gasteiger partial charge on any atom is -0.383 e. The van der Waals surface area contributed by atoms with E-state index < -0.39 is 0 Å². The molecule has 0 bridgehead atoms. The van der Waals surface area contributed by atoms with Gasteiger partial charge in [0.1, 0.15) is 5.82 Å². The number of anilines is 1. The number of benzene rings is 1. The topological polar surface area (TPSA) is 38.9 Å². The van der Waals surface area contributed by atoms with Gasteiger partial charge in [-0.3, -0.25) is 0 Å². The smallest absolute Gasteiger partial charge is 0.131 e. The number of fused-ring (bicyclic) bond motifs is 1. The molecule has 2 rings (SSSR count). The van der Waals surface area contributed by atoms with Crippen molar-refractivity contribution in [2.24, 2.45) is 0 Å². The van der Waals surface area contributed by atoms with Crippen molar-refractivity contribution in [1.29, 1.82) is 0 Å². The van der Waals surface area contributed by atoms with Crippen LogP contribution >= 0.6 is 11.8 Å². The first-order valence-electron chi connectivity index (χ1n) is 3.99. The van der Waals surface area contributed by atoms with Crippen molar-refractivity contribution < 1.29 is 0 Å². The molecule has 0 spiro atoms. The van der Waals surface area contributed by atoms with Gasteiger partial charge in [0.15, 0.2) is 0 Å². The molecule has 0 amide bonds. The van der Waals surface area contributed by atoms with Gasteiger partial charge in [-0.15, -0.1) is 11.8 Å². The van der Waals surface area contributed by atoms with Gasteiger partial charge in [-0.25, -0.2) is 4.98 Å². The first-order valence-corrected chi connectivity index (χ1v) is 5.22. The van der Waals surface area contributed by atoms with Crippen LogP contribution in [0.4, 0.5) is 5.82 Å². The fraction of sp³-hybridized carbons (Fsp3) is 0.100. The van der Waals surface area contributed by atoms with Crippen molar-refractivity contribution in [2.45, 2.75) is 4.90 Å². The van der Waals surface area contributed by atoms with Crippen LogP contribution in [-0.2, 0) is 0 Å². The van der Waals surface area contributed by atoms with E-state index in [2.05, 4.69) is 23.2 Å². The summed E-state index contributed by atoms with van der Waals surface area (Å²) in [6, 6.07) is 8.20. The number of nitrogen functional groups attached to an aromatic ring is 1. The second kappa shape index (κ2) is 3.26. The standard InChI is InChI=1S/C10H10N2S/c1-13-8-3-2-7-4-5-12-10(11)9(7)6-8/h2-6H,1H3,(H2,11,12). The minimum atomic E-state index is 0.605. The molecular weight excluding hydrogens is 180 g/mol. The van der Waals surface area contributed by atoms with Gasteiger partial charge in [-0.2, -0.15) is 0 Å². The van der Waals surface area contributed by atoms with Crippen LogP contribution in [0.25, 0.3) is 10.8 Å². The first kappa shape index (κ1) is 8.38. The number of thioether (sulfide) groups is 1. The third kappa shape index (κ3) is 1.47. The van der Waals surface area contributed by atoms with Gasteiger partial charge in [0, 0.05) is 16.5 Å². The van der Waals surface area contributed by atoms with E-state index in [1.54, 1.807) is 18.0 Å². The number of rotatable bonds is 1. The molecule has 66 valence electrons. The lowest BCUT2D eigenvalue weighted by atomic mass is 10.2. The highest BCUT2D eigenvalue weighted by Gasteiger charge is 1.98. The van der Waals surface area contributed by atoms with Crippen molar-refractivity contribution in [3.63, 3.8) is 0 Å². The summed E-state index contributed by atoms with van der Waals surface area (Å²) in [5.41, 5.74) is 5.76. The maximum Gasteiger partial charge on any atom is 0.131 e.